The highest BCUT2D eigenvalue weighted by atomic mass is 79.9. The van der Waals surface area contributed by atoms with Crippen LogP contribution >= 0.6 is 27.5 Å². The smallest absolute Gasteiger partial charge is 0.224 e. The number of carbonyl (C=O) groups is 1. The van der Waals surface area contributed by atoms with Crippen molar-refractivity contribution in [2.75, 3.05) is 26.2 Å². The SMILES string of the molecule is Cc1c(Br)cnn1CCC(=O)N1CCN(Cc2ccccc2Cl)CC1. The van der Waals surface area contributed by atoms with Crippen LogP contribution in [0.3, 0.4) is 0 Å². The van der Waals surface area contributed by atoms with E-state index in [1.165, 1.54) is 0 Å². The van der Waals surface area contributed by atoms with Gasteiger partial charge in [0, 0.05) is 56.4 Å². The first-order valence-electron chi connectivity index (χ1n) is 8.46. The summed E-state index contributed by atoms with van der Waals surface area (Å²) in [5.41, 5.74) is 2.20. The van der Waals surface area contributed by atoms with Crippen molar-refractivity contribution in [2.24, 2.45) is 0 Å². The molecule has 1 aliphatic rings. The molecule has 1 aromatic carbocycles. The molecule has 0 bridgehead atoms. The maximum atomic E-state index is 12.4. The quantitative estimate of drug-likeness (QED) is 0.738. The molecule has 2 heterocycles. The zero-order chi connectivity index (χ0) is 17.8. The van der Waals surface area contributed by atoms with E-state index < -0.39 is 0 Å². The highest BCUT2D eigenvalue weighted by molar-refractivity contribution is 9.10. The van der Waals surface area contributed by atoms with E-state index in [2.05, 4.69) is 32.0 Å². The summed E-state index contributed by atoms with van der Waals surface area (Å²) in [6, 6.07) is 7.94. The number of aromatic nitrogens is 2. The molecule has 0 saturated carbocycles. The minimum atomic E-state index is 0.198. The third kappa shape index (κ3) is 4.63. The highest BCUT2D eigenvalue weighted by Crippen LogP contribution is 2.18. The van der Waals surface area contributed by atoms with Gasteiger partial charge in [-0.1, -0.05) is 29.8 Å². The molecule has 134 valence electrons. The van der Waals surface area contributed by atoms with Crippen molar-refractivity contribution >= 4 is 33.4 Å². The van der Waals surface area contributed by atoms with Crippen LogP contribution in [0.5, 0.6) is 0 Å². The fourth-order valence-corrected chi connectivity index (χ4v) is 3.52. The van der Waals surface area contributed by atoms with Gasteiger partial charge in [0.05, 0.1) is 10.7 Å². The van der Waals surface area contributed by atoms with E-state index in [4.69, 9.17) is 11.6 Å². The lowest BCUT2D eigenvalue weighted by molar-refractivity contribution is -0.133. The first kappa shape index (κ1) is 18.4. The van der Waals surface area contributed by atoms with Crippen LogP contribution in [-0.4, -0.2) is 51.7 Å². The summed E-state index contributed by atoms with van der Waals surface area (Å²) < 4.78 is 2.85. The Kier molecular flexibility index (Phi) is 6.15. The van der Waals surface area contributed by atoms with Crippen LogP contribution in [0.4, 0.5) is 0 Å². The second-order valence-electron chi connectivity index (χ2n) is 6.30. The van der Waals surface area contributed by atoms with E-state index in [1.54, 1.807) is 6.20 Å². The van der Waals surface area contributed by atoms with E-state index in [0.717, 1.165) is 53.5 Å². The van der Waals surface area contributed by atoms with E-state index in [-0.39, 0.29) is 5.91 Å². The number of aryl methyl sites for hydroxylation is 1. The minimum Gasteiger partial charge on any atom is -0.340 e. The van der Waals surface area contributed by atoms with Gasteiger partial charge in [0.25, 0.3) is 0 Å². The molecule has 1 amide bonds. The Bertz CT molecular complexity index is 740. The lowest BCUT2D eigenvalue weighted by Gasteiger charge is -2.35. The number of amides is 1. The summed E-state index contributed by atoms with van der Waals surface area (Å²) in [6.45, 7) is 6.75. The summed E-state index contributed by atoms with van der Waals surface area (Å²) in [5, 5.41) is 5.09. The summed E-state index contributed by atoms with van der Waals surface area (Å²) >= 11 is 9.68. The van der Waals surface area contributed by atoms with Gasteiger partial charge in [-0.2, -0.15) is 5.10 Å². The largest absolute Gasteiger partial charge is 0.340 e. The average molecular weight is 426 g/mol. The van der Waals surface area contributed by atoms with Gasteiger partial charge in [0.15, 0.2) is 0 Å². The highest BCUT2D eigenvalue weighted by Gasteiger charge is 2.21. The second kappa shape index (κ2) is 8.34. The van der Waals surface area contributed by atoms with Gasteiger partial charge < -0.3 is 4.90 Å². The van der Waals surface area contributed by atoms with Crippen LogP contribution < -0.4 is 0 Å². The zero-order valence-corrected chi connectivity index (χ0v) is 16.6. The number of halogens is 2. The Hall–Kier alpha value is -1.37. The van der Waals surface area contributed by atoms with Gasteiger partial charge in [-0.05, 0) is 34.5 Å². The monoisotopic (exact) mass is 424 g/mol. The van der Waals surface area contributed by atoms with Crippen molar-refractivity contribution in [2.45, 2.75) is 26.4 Å². The molecule has 0 spiro atoms. The average Bonchev–Trinajstić information content (AvgIpc) is 2.94. The standard InChI is InChI=1S/C18H22BrClN4O/c1-14-16(19)12-21-24(14)7-6-18(25)23-10-8-22(9-11-23)13-15-4-2-3-5-17(15)20/h2-5,12H,6-11,13H2,1H3. The van der Waals surface area contributed by atoms with Crippen LogP contribution in [0.25, 0.3) is 0 Å². The summed E-state index contributed by atoms with van der Waals surface area (Å²) in [4.78, 5) is 16.7. The van der Waals surface area contributed by atoms with Gasteiger partial charge in [-0.15, -0.1) is 0 Å². The molecule has 0 atom stereocenters. The molecule has 2 aromatic rings. The predicted octanol–water partition coefficient (Wildman–Crippen LogP) is 3.34. The molecule has 0 N–H and O–H groups in total. The van der Waals surface area contributed by atoms with Crippen LogP contribution in [-0.2, 0) is 17.9 Å². The van der Waals surface area contributed by atoms with Crippen molar-refractivity contribution < 1.29 is 4.79 Å². The van der Waals surface area contributed by atoms with Crippen LogP contribution in [0, 0.1) is 6.92 Å². The van der Waals surface area contributed by atoms with E-state index >= 15 is 0 Å². The number of nitrogens with zero attached hydrogens (tertiary/aromatic N) is 4. The fraction of sp³-hybridized carbons (Fsp3) is 0.444. The number of rotatable bonds is 5. The lowest BCUT2D eigenvalue weighted by atomic mass is 10.2. The van der Waals surface area contributed by atoms with E-state index in [9.17, 15) is 4.79 Å². The number of hydrogen-bond donors (Lipinski definition) is 0. The molecular formula is C18H22BrClN4O. The molecule has 7 heteroatoms. The van der Waals surface area contributed by atoms with Gasteiger partial charge >= 0.3 is 0 Å². The normalized spacial score (nSPS) is 15.6. The van der Waals surface area contributed by atoms with Gasteiger partial charge in [-0.25, -0.2) is 0 Å². The lowest BCUT2D eigenvalue weighted by Crippen LogP contribution is -2.48. The topological polar surface area (TPSA) is 41.4 Å². The van der Waals surface area contributed by atoms with Crippen molar-refractivity contribution in [1.82, 2.24) is 19.6 Å². The Morgan fingerprint density at radius 1 is 1.24 bits per heavy atom. The number of hydrogen-bond acceptors (Lipinski definition) is 3. The molecule has 1 fully saturated rings. The van der Waals surface area contributed by atoms with Gasteiger partial charge in [0.1, 0.15) is 0 Å². The Labute approximate surface area is 161 Å². The van der Waals surface area contributed by atoms with Crippen molar-refractivity contribution in [1.29, 1.82) is 0 Å². The van der Waals surface area contributed by atoms with Gasteiger partial charge in [0.2, 0.25) is 5.91 Å². The summed E-state index contributed by atoms with van der Waals surface area (Å²) in [5.74, 6) is 0.198. The molecular weight excluding hydrogens is 404 g/mol. The Balaban J connectivity index is 1.46. The fourth-order valence-electron chi connectivity index (χ4n) is 3.03. The molecule has 0 aliphatic carbocycles. The Morgan fingerprint density at radius 3 is 2.60 bits per heavy atom. The third-order valence-corrected chi connectivity index (χ3v) is 5.80. The van der Waals surface area contributed by atoms with E-state index in [1.807, 2.05) is 34.7 Å². The molecule has 0 unspecified atom stereocenters. The van der Waals surface area contributed by atoms with E-state index in [0.29, 0.717) is 13.0 Å². The van der Waals surface area contributed by atoms with Crippen LogP contribution in [0.1, 0.15) is 17.7 Å². The maximum absolute atomic E-state index is 12.4. The first-order chi connectivity index (χ1) is 12.0. The van der Waals surface area contributed by atoms with Crippen LogP contribution in [0.2, 0.25) is 5.02 Å². The third-order valence-electron chi connectivity index (χ3n) is 4.66. The minimum absolute atomic E-state index is 0.198. The van der Waals surface area contributed by atoms with Crippen molar-refractivity contribution in [3.05, 3.63) is 51.2 Å². The second-order valence-corrected chi connectivity index (χ2v) is 7.56. The molecule has 1 saturated heterocycles. The zero-order valence-electron chi connectivity index (χ0n) is 14.3. The molecule has 1 aromatic heterocycles. The molecule has 5 nitrogen and oxygen atoms in total. The number of benzene rings is 1. The molecule has 25 heavy (non-hydrogen) atoms. The molecule has 0 radical (unpaired) electrons. The van der Waals surface area contributed by atoms with Gasteiger partial charge in [-0.3, -0.25) is 14.4 Å². The number of piperazine rings is 1. The van der Waals surface area contributed by atoms with Crippen molar-refractivity contribution in [3.63, 3.8) is 0 Å². The van der Waals surface area contributed by atoms with Crippen LogP contribution in [0.15, 0.2) is 34.9 Å². The number of carbonyl (C=O) groups excluding carboxylic acids is 1. The summed E-state index contributed by atoms with van der Waals surface area (Å²) in [6.07, 6.45) is 2.26. The molecule has 3 rings (SSSR count). The first-order valence-corrected chi connectivity index (χ1v) is 9.63. The summed E-state index contributed by atoms with van der Waals surface area (Å²) in [7, 11) is 0. The Morgan fingerprint density at radius 2 is 1.96 bits per heavy atom. The maximum Gasteiger partial charge on any atom is 0.224 e. The van der Waals surface area contributed by atoms with Crippen molar-refractivity contribution in [3.8, 4) is 0 Å². The molecule has 1 aliphatic heterocycles. The predicted molar refractivity (Wildman–Crippen MR) is 103 cm³/mol.